The molecule has 0 aromatic heterocycles. The van der Waals surface area contributed by atoms with Gasteiger partial charge in [0.25, 0.3) is 0 Å². The van der Waals surface area contributed by atoms with Crippen LogP contribution in [0.5, 0.6) is 0 Å². The molecule has 0 aliphatic carbocycles. The Morgan fingerprint density at radius 1 is 0.818 bits per heavy atom. The molecular formula is C19H30NO2. The molecule has 3 heteroatoms. The number of anilines is 1. The predicted octanol–water partition coefficient (Wildman–Crippen LogP) is 5.59. The minimum Gasteiger partial charge on any atom is -0.385 e. The molecule has 0 aliphatic rings. The molecule has 1 radical (unpaired) electrons. The normalized spacial score (nSPS) is 10.6. The molecule has 0 unspecified atom stereocenters. The highest BCUT2D eigenvalue weighted by atomic mass is 16.4. The molecule has 0 saturated carbocycles. The number of carbonyl (C=O) groups excluding carboxylic acids is 1. The topological polar surface area (TPSA) is 49.0 Å². The molecule has 0 amide bonds. The van der Waals surface area contributed by atoms with Gasteiger partial charge in [0.05, 0.1) is 5.56 Å². The number of unbranched alkanes of at least 4 members (excludes halogenated alkanes) is 9. The fraction of sp³-hybridized carbons (Fsp3) is 0.632. The third-order valence-electron chi connectivity index (χ3n) is 3.98. The van der Waals surface area contributed by atoms with Crippen LogP contribution < -0.4 is 5.32 Å². The SMILES string of the molecule is CCCCCCCCCCCCNc1ccc(C([O])=O)cc1. The van der Waals surface area contributed by atoms with Crippen LogP contribution in [0.4, 0.5) is 5.69 Å². The first kappa shape index (κ1) is 18.5. The quantitative estimate of drug-likeness (QED) is 0.483. The van der Waals surface area contributed by atoms with Gasteiger partial charge < -0.3 is 5.32 Å². The Labute approximate surface area is 135 Å². The van der Waals surface area contributed by atoms with Crippen molar-refractivity contribution in [1.82, 2.24) is 0 Å². The van der Waals surface area contributed by atoms with E-state index >= 15 is 0 Å². The Bertz CT molecular complexity index is 400. The van der Waals surface area contributed by atoms with Crippen molar-refractivity contribution < 1.29 is 9.90 Å². The predicted molar refractivity (Wildman–Crippen MR) is 91.8 cm³/mol. The van der Waals surface area contributed by atoms with Crippen molar-refractivity contribution in [1.29, 1.82) is 0 Å². The van der Waals surface area contributed by atoms with Crippen LogP contribution in [0.3, 0.4) is 0 Å². The Morgan fingerprint density at radius 2 is 1.32 bits per heavy atom. The zero-order valence-corrected chi connectivity index (χ0v) is 13.9. The number of nitrogens with one attached hydrogen (secondary N) is 1. The fourth-order valence-corrected chi connectivity index (χ4v) is 2.57. The Balaban J connectivity index is 1.94. The first-order chi connectivity index (χ1) is 10.7. The van der Waals surface area contributed by atoms with Crippen LogP contribution in [0.1, 0.15) is 81.5 Å². The van der Waals surface area contributed by atoms with Crippen LogP contribution in [0.2, 0.25) is 0 Å². The molecule has 0 saturated heterocycles. The first-order valence-corrected chi connectivity index (χ1v) is 8.79. The molecule has 0 heterocycles. The second-order valence-electron chi connectivity index (χ2n) is 5.97. The summed E-state index contributed by atoms with van der Waals surface area (Å²) in [5.41, 5.74) is 1.20. The molecule has 3 nitrogen and oxygen atoms in total. The van der Waals surface area contributed by atoms with E-state index in [4.69, 9.17) is 0 Å². The third kappa shape index (κ3) is 8.71. The van der Waals surface area contributed by atoms with E-state index in [1.807, 2.05) is 0 Å². The lowest BCUT2D eigenvalue weighted by Gasteiger charge is -2.06. The van der Waals surface area contributed by atoms with E-state index in [1.165, 1.54) is 57.8 Å². The van der Waals surface area contributed by atoms with E-state index in [9.17, 15) is 9.90 Å². The average Bonchev–Trinajstić information content (AvgIpc) is 2.53. The van der Waals surface area contributed by atoms with Crippen LogP contribution in [0.15, 0.2) is 24.3 Å². The minimum absolute atomic E-state index is 0.226. The summed E-state index contributed by atoms with van der Waals surface area (Å²) in [6, 6.07) is 6.75. The van der Waals surface area contributed by atoms with Crippen molar-refractivity contribution >= 4 is 11.7 Å². The van der Waals surface area contributed by atoms with Gasteiger partial charge in [-0.15, -0.1) is 0 Å². The first-order valence-electron chi connectivity index (χ1n) is 8.79. The molecule has 0 aliphatic heterocycles. The maximum Gasteiger partial charge on any atom is 0.386 e. The second-order valence-corrected chi connectivity index (χ2v) is 5.97. The lowest BCUT2D eigenvalue weighted by molar-refractivity contribution is 0.0573. The Kier molecular flexibility index (Phi) is 10.2. The van der Waals surface area contributed by atoms with Gasteiger partial charge >= 0.3 is 5.97 Å². The van der Waals surface area contributed by atoms with Crippen LogP contribution >= 0.6 is 0 Å². The largest absolute Gasteiger partial charge is 0.386 e. The standard InChI is InChI=1S/C19H30NO2/c1-2-3-4-5-6-7-8-9-10-11-16-20-18-14-12-17(13-15-18)19(21)22/h12-15,20H,2-11,16H2,1H3. The van der Waals surface area contributed by atoms with Gasteiger partial charge in [-0.25, -0.2) is 9.90 Å². The van der Waals surface area contributed by atoms with E-state index in [-0.39, 0.29) is 5.56 Å². The Hall–Kier alpha value is -1.51. The Morgan fingerprint density at radius 3 is 1.82 bits per heavy atom. The summed E-state index contributed by atoms with van der Waals surface area (Å²) in [6.07, 6.45) is 13.4. The van der Waals surface area contributed by atoms with Gasteiger partial charge in [-0.2, -0.15) is 0 Å². The molecule has 1 N–H and O–H groups in total. The van der Waals surface area contributed by atoms with E-state index in [0.29, 0.717) is 0 Å². The molecular weight excluding hydrogens is 274 g/mol. The van der Waals surface area contributed by atoms with Crippen molar-refractivity contribution in [2.24, 2.45) is 0 Å². The molecule has 1 aromatic carbocycles. The summed E-state index contributed by atoms with van der Waals surface area (Å²) in [4.78, 5) is 10.6. The zero-order chi connectivity index (χ0) is 16.0. The van der Waals surface area contributed by atoms with Crippen molar-refractivity contribution in [3.63, 3.8) is 0 Å². The number of carbonyl (C=O) groups is 1. The lowest BCUT2D eigenvalue weighted by atomic mass is 10.1. The summed E-state index contributed by atoms with van der Waals surface area (Å²) < 4.78 is 0. The average molecular weight is 304 g/mol. The number of rotatable bonds is 13. The summed E-state index contributed by atoms with van der Waals surface area (Å²) in [6.45, 7) is 3.20. The monoisotopic (exact) mass is 304 g/mol. The van der Waals surface area contributed by atoms with Gasteiger partial charge in [0.2, 0.25) is 0 Å². The van der Waals surface area contributed by atoms with Gasteiger partial charge in [0, 0.05) is 12.2 Å². The molecule has 0 atom stereocenters. The van der Waals surface area contributed by atoms with Gasteiger partial charge in [-0.3, -0.25) is 0 Å². The van der Waals surface area contributed by atoms with Gasteiger partial charge in [0.1, 0.15) is 0 Å². The van der Waals surface area contributed by atoms with Crippen molar-refractivity contribution in [3.05, 3.63) is 29.8 Å². The third-order valence-corrected chi connectivity index (χ3v) is 3.98. The summed E-state index contributed by atoms with van der Waals surface area (Å²) >= 11 is 0. The van der Waals surface area contributed by atoms with E-state index < -0.39 is 5.97 Å². The molecule has 1 rings (SSSR count). The summed E-state index contributed by atoms with van der Waals surface area (Å²) in [5.74, 6) is -1.12. The number of benzene rings is 1. The van der Waals surface area contributed by atoms with Crippen LogP contribution in [0.25, 0.3) is 0 Å². The zero-order valence-electron chi connectivity index (χ0n) is 13.9. The smallest absolute Gasteiger partial charge is 0.385 e. The van der Waals surface area contributed by atoms with Gasteiger partial charge in [0.15, 0.2) is 0 Å². The van der Waals surface area contributed by atoms with Crippen LogP contribution in [-0.4, -0.2) is 12.5 Å². The fourth-order valence-electron chi connectivity index (χ4n) is 2.57. The molecule has 0 fully saturated rings. The highest BCUT2D eigenvalue weighted by Crippen LogP contribution is 2.12. The molecule has 1 aromatic rings. The highest BCUT2D eigenvalue weighted by molar-refractivity contribution is 5.87. The van der Waals surface area contributed by atoms with Gasteiger partial charge in [-0.1, -0.05) is 64.7 Å². The molecule has 0 spiro atoms. The van der Waals surface area contributed by atoms with Crippen molar-refractivity contribution in [2.45, 2.75) is 71.1 Å². The maximum atomic E-state index is 10.6. The summed E-state index contributed by atoms with van der Waals surface area (Å²) in [5, 5.41) is 14.0. The second kappa shape index (κ2) is 12.1. The van der Waals surface area contributed by atoms with Crippen molar-refractivity contribution in [2.75, 3.05) is 11.9 Å². The summed E-state index contributed by atoms with van der Waals surface area (Å²) in [7, 11) is 0. The minimum atomic E-state index is -1.12. The maximum absolute atomic E-state index is 10.6. The molecule has 123 valence electrons. The van der Waals surface area contributed by atoms with Gasteiger partial charge in [-0.05, 0) is 30.7 Å². The van der Waals surface area contributed by atoms with Crippen LogP contribution in [-0.2, 0) is 5.11 Å². The van der Waals surface area contributed by atoms with E-state index in [2.05, 4.69) is 12.2 Å². The molecule has 22 heavy (non-hydrogen) atoms. The van der Waals surface area contributed by atoms with Crippen molar-refractivity contribution in [3.8, 4) is 0 Å². The number of hydrogen-bond acceptors (Lipinski definition) is 2. The van der Waals surface area contributed by atoms with E-state index in [0.717, 1.165) is 18.7 Å². The van der Waals surface area contributed by atoms with E-state index in [1.54, 1.807) is 24.3 Å². The molecule has 0 bridgehead atoms. The highest BCUT2D eigenvalue weighted by Gasteiger charge is 2.03. The van der Waals surface area contributed by atoms with Crippen LogP contribution in [0, 0.1) is 0 Å². The lowest BCUT2D eigenvalue weighted by Crippen LogP contribution is -2.02. The number of hydrogen-bond donors (Lipinski definition) is 1.